The molecule has 0 unspecified atom stereocenters. The van der Waals surface area contributed by atoms with Gasteiger partial charge in [0.1, 0.15) is 11.4 Å². The summed E-state index contributed by atoms with van der Waals surface area (Å²) >= 11 is 0. The summed E-state index contributed by atoms with van der Waals surface area (Å²) in [5, 5.41) is 16.3. The molecule has 0 amide bonds. The zero-order chi connectivity index (χ0) is 21.5. The number of aromatic nitrogens is 2. The van der Waals surface area contributed by atoms with E-state index in [0.717, 1.165) is 9.65 Å². The molecule has 4 aromatic rings. The Morgan fingerprint density at radius 2 is 1.73 bits per heavy atom. The van der Waals surface area contributed by atoms with Crippen molar-refractivity contribution >= 4 is 26.6 Å². The standard InChI is InChI=1S/C21H17N3O5S/c1-14-9-11-17(12-10-14)30(27,28)23-21-18(7-4-8-19(21)24(25)26)20(22-23)15-5-3-6-16(13-15)29-2/h3-13H,1-2H3. The summed E-state index contributed by atoms with van der Waals surface area (Å²) in [6, 6.07) is 17.6. The molecule has 0 saturated heterocycles. The van der Waals surface area contributed by atoms with Gasteiger partial charge in [0.05, 0.1) is 16.9 Å². The van der Waals surface area contributed by atoms with Gasteiger partial charge in [-0.25, -0.2) is 0 Å². The van der Waals surface area contributed by atoms with E-state index in [2.05, 4.69) is 5.10 Å². The molecule has 0 radical (unpaired) electrons. The second-order valence-electron chi connectivity index (χ2n) is 6.67. The average molecular weight is 423 g/mol. The highest BCUT2D eigenvalue weighted by Gasteiger charge is 2.29. The summed E-state index contributed by atoms with van der Waals surface area (Å²) < 4.78 is 32.7. The molecule has 0 spiro atoms. The molecule has 0 atom stereocenters. The smallest absolute Gasteiger partial charge is 0.296 e. The van der Waals surface area contributed by atoms with Crippen LogP contribution in [-0.4, -0.2) is 29.6 Å². The highest BCUT2D eigenvalue weighted by atomic mass is 32.2. The van der Waals surface area contributed by atoms with Crippen LogP contribution >= 0.6 is 0 Å². The molecular formula is C21H17N3O5S. The number of rotatable bonds is 5. The number of hydrogen-bond acceptors (Lipinski definition) is 6. The Morgan fingerprint density at radius 1 is 1.03 bits per heavy atom. The first kappa shape index (κ1) is 19.6. The maximum absolute atomic E-state index is 13.4. The lowest BCUT2D eigenvalue weighted by Gasteiger charge is -2.06. The maximum atomic E-state index is 13.4. The van der Waals surface area contributed by atoms with Crippen LogP contribution in [0.2, 0.25) is 0 Å². The van der Waals surface area contributed by atoms with Crippen LogP contribution in [0.15, 0.2) is 71.6 Å². The summed E-state index contributed by atoms with van der Waals surface area (Å²) in [5.41, 5.74) is 1.36. The van der Waals surface area contributed by atoms with Crippen LogP contribution in [0.1, 0.15) is 5.56 Å². The summed E-state index contributed by atoms with van der Waals surface area (Å²) in [6.45, 7) is 1.84. The molecule has 0 aliphatic heterocycles. The molecule has 8 nitrogen and oxygen atoms in total. The number of aryl methyl sites for hydroxylation is 1. The van der Waals surface area contributed by atoms with E-state index in [1.807, 2.05) is 6.92 Å². The van der Waals surface area contributed by atoms with Crippen molar-refractivity contribution < 1.29 is 18.1 Å². The van der Waals surface area contributed by atoms with E-state index in [4.69, 9.17) is 4.74 Å². The minimum Gasteiger partial charge on any atom is -0.497 e. The predicted octanol–water partition coefficient (Wildman–Crippen LogP) is 4.17. The van der Waals surface area contributed by atoms with Gasteiger partial charge in [0.15, 0.2) is 5.52 Å². The highest BCUT2D eigenvalue weighted by Crippen LogP contribution is 2.36. The zero-order valence-electron chi connectivity index (χ0n) is 16.1. The first-order chi connectivity index (χ1) is 14.3. The minimum atomic E-state index is -4.17. The fourth-order valence-corrected chi connectivity index (χ4v) is 4.53. The average Bonchev–Trinajstić information content (AvgIpc) is 3.14. The van der Waals surface area contributed by atoms with Crippen LogP contribution in [0.25, 0.3) is 22.2 Å². The maximum Gasteiger partial charge on any atom is 0.296 e. The van der Waals surface area contributed by atoms with Crippen LogP contribution in [0.3, 0.4) is 0 Å². The van der Waals surface area contributed by atoms with E-state index in [1.165, 1.54) is 31.4 Å². The molecular weight excluding hydrogens is 406 g/mol. The number of nitro groups is 1. The molecule has 0 fully saturated rings. The second-order valence-corrected chi connectivity index (χ2v) is 8.44. The van der Waals surface area contributed by atoms with E-state index in [-0.39, 0.29) is 16.1 Å². The summed E-state index contributed by atoms with van der Waals surface area (Å²) in [6.07, 6.45) is 0. The molecule has 152 valence electrons. The van der Waals surface area contributed by atoms with Crippen molar-refractivity contribution in [2.75, 3.05) is 7.11 Å². The first-order valence-electron chi connectivity index (χ1n) is 8.96. The fraction of sp³-hybridized carbons (Fsp3) is 0.0952. The van der Waals surface area contributed by atoms with E-state index in [9.17, 15) is 18.5 Å². The number of methoxy groups -OCH3 is 1. The lowest BCUT2D eigenvalue weighted by atomic mass is 10.1. The molecule has 0 saturated carbocycles. The summed E-state index contributed by atoms with van der Waals surface area (Å²) in [4.78, 5) is 11.1. The molecule has 4 rings (SSSR count). The van der Waals surface area contributed by atoms with Crippen molar-refractivity contribution in [3.63, 3.8) is 0 Å². The highest BCUT2D eigenvalue weighted by molar-refractivity contribution is 7.90. The second kappa shape index (κ2) is 7.27. The Kier molecular flexibility index (Phi) is 4.75. The normalized spacial score (nSPS) is 11.5. The number of nitrogens with zero attached hydrogens (tertiary/aromatic N) is 3. The monoisotopic (exact) mass is 423 g/mol. The third-order valence-electron chi connectivity index (χ3n) is 4.74. The zero-order valence-corrected chi connectivity index (χ0v) is 17.0. The number of hydrogen-bond donors (Lipinski definition) is 0. The van der Waals surface area contributed by atoms with Gasteiger partial charge in [-0.2, -0.15) is 13.5 Å². The van der Waals surface area contributed by atoms with Crippen LogP contribution in [0, 0.1) is 17.0 Å². The van der Waals surface area contributed by atoms with Crippen molar-refractivity contribution in [1.29, 1.82) is 0 Å². The van der Waals surface area contributed by atoms with E-state index in [0.29, 0.717) is 22.4 Å². The lowest BCUT2D eigenvalue weighted by molar-refractivity contribution is -0.383. The number of para-hydroxylation sites is 1. The quantitative estimate of drug-likeness (QED) is 0.352. The Balaban J connectivity index is 2.07. The topological polar surface area (TPSA) is 104 Å². The van der Waals surface area contributed by atoms with Crippen LogP contribution in [0.5, 0.6) is 5.75 Å². The third kappa shape index (κ3) is 3.18. The fourth-order valence-electron chi connectivity index (χ4n) is 3.23. The Labute approximate surface area is 172 Å². The third-order valence-corrected chi connectivity index (χ3v) is 6.33. The van der Waals surface area contributed by atoms with Crippen molar-refractivity contribution in [1.82, 2.24) is 9.19 Å². The van der Waals surface area contributed by atoms with Crippen molar-refractivity contribution in [3.05, 3.63) is 82.4 Å². The molecule has 0 aliphatic carbocycles. The van der Waals surface area contributed by atoms with Crippen molar-refractivity contribution in [3.8, 4) is 17.0 Å². The molecule has 0 bridgehead atoms. The van der Waals surface area contributed by atoms with Gasteiger partial charge in [0.2, 0.25) is 0 Å². The minimum absolute atomic E-state index is 0.00663. The van der Waals surface area contributed by atoms with Gasteiger partial charge >= 0.3 is 0 Å². The number of ether oxygens (including phenoxy) is 1. The molecule has 1 aromatic heterocycles. The number of fused-ring (bicyclic) bond motifs is 1. The van der Waals surface area contributed by atoms with Crippen molar-refractivity contribution in [2.24, 2.45) is 0 Å². The van der Waals surface area contributed by atoms with Gasteiger partial charge in [-0.1, -0.05) is 35.9 Å². The van der Waals surface area contributed by atoms with Crippen LogP contribution < -0.4 is 4.74 Å². The van der Waals surface area contributed by atoms with Crippen molar-refractivity contribution in [2.45, 2.75) is 11.8 Å². The Morgan fingerprint density at radius 3 is 2.40 bits per heavy atom. The first-order valence-corrected chi connectivity index (χ1v) is 10.4. The molecule has 3 aromatic carbocycles. The van der Waals surface area contributed by atoms with Gasteiger partial charge in [-0.3, -0.25) is 10.1 Å². The largest absolute Gasteiger partial charge is 0.497 e. The predicted molar refractivity (Wildman–Crippen MR) is 112 cm³/mol. The Bertz CT molecular complexity index is 1380. The van der Waals surface area contributed by atoms with Gasteiger partial charge in [-0.05, 0) is 37.3 Å². The van der Waals surface area contributed by atoms with Crippen LogP contribution in [0.4, 0.5) is 5.69 Å². The van der Waals surface area contributed by atoms with Gasteiger partial charge in [0, 0.05) is 17.0 Å². The number of non-ortho nitro benzene ring substituents is 1. The lowest BCUT2D eigenvalue weighted by Crippen LogP contribution is -2.15. The van der Waals surface area contributed by atoms with E-state index < -0.39 is 14.9 Å². The van der Waals surface area contributed by atoms with E-state index in [1.54, 1.807) is 42.5 Å². The van der Waals surface area contributed by atoms with Crippen LogP contribution in [-0.2, 0) is 10.0 Å². The number of nitro benzene ring substituents is 1. The molecule has 30 heavy (non-hydrogen) atoms. The SMILES string of the molecule is COc1cccc(-c2nn(S(=O)(=O)c3ccc(C)cc3)c3c([N+](=O)[O-])cccc23)c1. The molecule has 9 heteroatoms. The van der Waals surface area contributed by atoms with Gasteiger partial charge in [-0.15, -0.1) is 4.09 Å². The summed E-state index contributed by atoms with van der Waals surface area (Å²) in [7, 11) is -2.65. The Hall–Kier alpha value is -3.72. The van der Waals surface area contributed by atoms with Gasteiger partial charge in [0.25, 0.3) is 15.7 Å². The van der Waals surface area contributed by atoms with Gasteiger partial charge < -0.3 is 4.74 Å². The molecule has 1 heterocycles. The molecule has 0 N–H and O–H groups in total. The molecule has 0 aliphatic rings. The summed E-state index contributed by atoms with van der Waals surface area (Å²) in [5.74, 6) is 0.557. The number of benzene rings is 3. The van der Waals surface area contributed by atoms with E-state index >= 15 is 0 Å².